The SMILES string of the molecule is COC(=O)CCSCC1CCC=C(C(=O)O)C1. The fraction of sp³-hybridized carbons (Fsp3) is 0.667. The minimum atomic E-state index is -0.797. The molecule has 1 N–H and O–H groups in total. The summed E-state index contributed by atoms with van der Waals surface area (Å²) < 4.78 is 4.55. The number of thioether (sulfide) groups is 1. The van der Waals surface area contributed by atoms with Crippen LogP contribution in [-0.2, 0) is 14.3 Å². The summed E-state index contributed by atoms with van der Waals surface area (Å²) in [5.41, 5.74) is 0.537. The molecule has 17 heavy (non-hydrogen) atoms. The van der Waals surface area contributed by atoms with Crippen molar-refractivity contribution in [3.05, 3.63) is 11.6 Å². The molecule has 0 bridgehead atoms. The predicted molar refractivity (Wildman–Crippen MR) is 67.0 cm³/mol. The molecule has 0 aliphatic heterocycles. The van der Waals surface area contributed by atoms with Gasteiger partial charge in [0.1, 0.15) is 0 Å². The number of hydrogen-bond acceptors (Lipinski definition) is 4. The van der Waals surface area contributed by atoms with Crippen molar-refractivity contribution < 1.29 is 19.4 Å². The lowest BCUT2D eigenvalue weighted by Gasteiger charge is -2.20. The van der Waals surface area contributed by atoms with Crippen LogP contribution in [0.15, 0.2) is 11.6 Å². The van der Waals surface area contributed by atoms with Gasteiger partial charge < -0.3 is 9.84 Å². The van der Waals surface area contributed by atoms with Crippen LogP contribution in [0.25, 0.3) is 0 Å². The van der Waals surface area contributed by atoms with Crippen molar-refractivity contribution in [2.75, 3.05) is 18.6 Å². The fourth-order valence-electron chi connectivity index (χ4n) is 1.81. The minimum absolute atomic E-state index is 0.188. The molecule has 1 aliphatic carbocycles. The molecule has 1 aliphatic rings. The summed E-state index contributed by atoms with van der Waals surface area (Å²) in [5, 5.41) is 8.90. The van der Waals surface area contributed by atoms with Gasteiger partial charge in [-0.3, -0.25) is 4.79 Å². The van der Waals surface area contributed by atoms with Gasteiger partial charge in [-0.05, 0) is 30.9 Å². The van der Waals surface area contributed by atoms with Crippen LogP contribution in [0.2, 0.25) is 0 Å². The molecule has 5 heteroatoms. The van der Waals surface area contributed by atoms with Gasteiger partial charge in [-0.1, -0.05) is 6.08 Å². The van der Waals surface area contributed by atoms with Crippen LogP contribution in [0.4, 0.5) is 0 Å². The minimum Gasteiger partial charge on any atom is -0.478 e. The van der Waals surface area contributed by atoms with Crippen LogP contribution in [0.3, 0.4) is 0 Å². The first-order chi connectivity index (χ1) is 8.13. The highest BCUT2D eigenvalue weighted by atomic mass is 32.2. The molecular formula is C12H18O4S. The first kappa shape index (κ1) is 14.1. The maximum Gasteiger partial charge on any atom is 0.331 e. The van der Waals surface area contributed by atoms with E-state index in [0.29, 0.717) is 24.3 Å². The highest BCUT2D eigenvalue weighted by Crippen LogP contribution is 2.27. The monoisotopic (exact) mass is 258 g/mol. The summed E-state index contributed by atoms with van der Waals surface area (Å²) in [6.45, 7) is 0. The van der Waals surface area contributed by atoms with Crippen LogP contribution in [0.1, 0.15) is 25.7 Å². The zero-order valence-electron chi connectivity index (χ0n) is 9.98. The number of carbonyl (C=O) groups is 2. The van der Waals surface area contributed by atoms with E-state index in [1.807, 2.05) is 6.08 Å². The Bertz CT molecular complexity index is 312. The van der Waals surface area contributed by atoms with E-state index in [4.69, 9.17) is 5.11 Å². The number of esters is 1. The van der Waals surface area contributed by atoms with Crippen LogP contribution in [-0.4, -0.2) is 35.7 Å². The first-order valence-corrected chi connectivity index (χ1v) is 6.86. The second-order valence-electron chi connectivity index (χ2n) is 4.08. The largest absolute Gasteiger partial charge is 0.478 e. The van der Waals surface area contributed by atoms with Gasteiger partial charge in [-0.15, -0.1) is 0 Å². The smallest absolute Gasteiger partial charge is 0.331 e. The topological polar surface area (TPSA) is 63.6 Å². The third-order valence-corrected chi connectivity index (χ3v) is 3.98. The Hall–Kier alpha value is -0.970. The number of ether oxygens (including phenoxy) is 1. The molecular weight excluding hydrogens is 240 g/mol. The van der Waals surface area contributed by atoms with Gasteiger partial charge in [-0.25, -0.2) is 4.79 Å². The van der Waals surface area contributed by atoms with E-state index in [-0.39, 0.29) is 5.97 Å². The normalized spacial score (nSPS) is 19.6. The average molecular weight is 258 g/mol. The zero-order chi connectivity index (χ0) is 12.7. The molecule has 0 aromatic heterocycles. The third kappa shape index (κ3) is 5.26. The molecule has 0 saturated carbocycles. The number of rotatable bonds is 6. The Labute approximate surface area is 105 Å². The van der Waals surface area contributed by atoms with E-state index < -0.39 is 5.97 Å². The Morgan fingerprint density at radius 3 is 3.00 bits per heavy atom. The van der Waals surface area contributed by atoms with Gasteiger partial charge >= 0.3 is 11.9 Å². The quantitative estimate of drug-likeness (QED) is 0.584. The molecule has 0 fully saturated rings. The van der Waals surface area contributed by atoms with Crippen molar-refractivity contribution in [3.8, 4) is 0 Å². The molecule has 1 atom stereocenters. The number of carboxylic acids is 1. The number of allylic oxidation sites excluding steroid dienone is 1. The van der Waals surface area contributed by atoms with Crippen molar-refractivity contribution >= 4 is 23.7 Å². The molecule has 0 heterocycles. The van der Waals surface area contributed by atoms with Crippen molar-refractivity contribution in [1.82, 2.24) is 0 Å². The summed E-state index contributed by atoms with van der Waals surface area (Å²) in [5.74, 6) is 1.10. The number of methoxy groups -OCH3 is 1. The van der Waals surface area contributed by atoms with E-state index in [9.17, 15) is 9.59 Å². The van der Waals surface area contributed by atoms with Crippen molar-refractivity contribution in [1.29, 1.82) is 0 Å². The molecule has 0 aromatic rings. The lowest BCUT2D eigenvalue weighted by molar-refractivity contribution is -0.140. The molecule has 0 radical (unpaired) electrons. The highest BCUT2D eigenvalue weighted by Gasteiger charge is 2.19. The van der Waals surface area contributed by atoms with E-state index in [0.717, 1.165) is 24.3 Å². The Kier molecular flexibility index (Phi) is 6.11. The van der Waals surface area contributed by atoms with Gasteiger partial charge in [0.2, 0.25) is 0 Å². The number of hydrogen-bond donors (Lipinski definition) is 1. The number of aliphatic carboxylic acids is 1. The molecule has 96 valence electrons. The molecule has 1 rings (SSSR count). The molecule has 0 amide bonds. The number of carboxylic acid groups (broad SMARTS) is 1. The van der Waals surface area contributed by atoms with Crippen molar-refractivity contribution in [2.45, 2.75) is 25.7 Å². The molecule has 1 unspecified atom stereocenters. The predicted octanol–water partition coefficient (Wildman–Crippen LogP) is 2.09. The van der Waals surface area contributed by atoms with Gasteiger partial charge in [0, 0.05) is 11.3 Å². The van der Waals surface area contributed by atoms with Gasteiger partial charge in [0.15, 0.2) is 0 Å². The van der Waals surface area contributed by atoms with Crippen LogP contribution in [0, 0.1) is 5.92 Å². The van der Waals surface area contributed by atoms with Gasteiger partial charge in [0.25, 0.3) is 0 Å². The molecule has 0 aromatic carbocycles. The maximum atomic E-state index is 10.9. The Morgan fingerprint density at radius 1 is 1.59 bits per heavy atom. The van der Waals surface area contributed by atoms with E-state index >= 15 is 0 Å². The second-order valence-corrected chi connectivity index (χ2v) is 5.23. The third-order valence-electron chi connectivity index (χ3n) is 2.78. The Balaban J connectivity index is 2.19. The summed E-state index contributed by atoms with van der Waals surface area (Å²) in [7, 11) is 1.39. The lowest BCUT2D eigenvalue weighted by Crippen LogP contribution is -2.14. The highest BCUT2D eigenvalue weighted by molar-refractivity contribution is 7.99. The molecule has 0 saturated heterocycles. The van der Waals surface area contributed by atoms with Crippen molar-refractivity contribution in [2.24, 2.45) is 5.92 Å². The lowest BCUT2D eigenvalue weighted by atomic mass is 9.90. The van der Waals surface area contributed by atoms with E-state index in [1.165, 1.54) is 7.11 Å². The maximum absolute atomic E-state index is 10.9. The average Bonchev–Trinajstić information content (AvgIpc) is 2.34. The van der Waals surface area contributed by atoms with Crippen LogP contribution < -0.4 is 0 Å². The number of carbonyl (C=O) groups excluding carboxylic acids is 1. The summed E-state index contributed by atoms with van der Waals surface area (Å²) in [4.78, 5) is 21.7. The second kappa shape index (κ2) is 7.37. The van der Waals surface area contributed by atoms with Crippen molar-refractivity contribution in [3.63, 3.8) is 0 Å². The molecule has 0 spiro atoms. The fourth-order valence-corrected chi connectivity index (χ4v) is 2.91. The van der Waals surface area contributed by atoms with Crippen LogP contribution in [0.5, 0.6) is 0 Å². The first-order valence-electron chi connectivity index (χ1n) is 5.70. The molecule has 4 nitrogen and oxygen atoms in total. The van der Waals surface area contributed by atoms with E-state index in [2.05, 4.69) is 4.74 Å². The summed E-state index contributed by atoms with van der Waals surface area (Å²) >= 11 is 1.70. The summed E-state index contributed by atoms with van der Waals surface area (Å²) in [6.07, 6.45) is 4.79. The van der Waals surface area contributed by atoms with Crippen LogP contribution >= 0.6 is 11.8 Å². The zero-order valence-corrected chi connectivity index (χ0v) is 10.8. The standard InChI is InChI=1S/C12H18O4S/c1-16-11(13)5-6-17-8-9-3-2-4-10(7-9)12(14)15/h4,9H,2-3,5-8H2,1H3,(H,14,15). The van der Waals surface area contributed by atoms with E-state index in [1.54, 1.807) is 11.8 Å². The van der Waals surface area contributed by atoms with Gasteiger partial charge in [0.05, 0.1) is 13.5 Å². The van der Waals surface area contributed by atoms with Gasteiger partial charge in [-0.2, -0.15) is 11.8 Å². The Morgan fingerprint density at radius 2 is 2.35 bits per heavy atom. The summed E-state index contributed by atoms with van der Waals surface area (Å²) in [6, 6.07) is 0.